The number of rotatable bonds is 6. The lowest BCUT2D eigenvalue weighted by atomic mass is 10.1. The molecule has 1 unspecified atom stereocenters. The van der Waals surface area contributed by atoms with Gasteiger partial charge in [-0.25, -0.2) is 4.39 Å². The molecular formula is C14H22FNO. The van der Waals surface area contributed by atoms with Crippen LogP contribution in [0, 0.1) is 11.7 Å². The highest BCUT2D eigenvalue weighted by atomic mass is 19.1. The third-order valence-corrected chi connectivity index (χ3v) is 2.78. The molecular weight excluding hydrogens is 217 g/mol. The van der Waals surface area contributed by atoms with Crippen LogP contribution in [0.4, 0.5) is 4.39 Å². The average molecular weight is 239 g/mol. The first kappa shape index (κ1) is 14.0. The fraction of sp³-hybridized carbons (Fsp3) is 0.571. The molecule has 1 aromatic carbocycles. The van der Waals surface area contributed by atoms with Gasteiger partial charge >= 0.3 is 0 Å². The predicted octanol–water partition coefficient (Wildman–Crippen LogP) is 3.66. The molecule has 0 saturated heterocycles. The van der Waals surface area contributed by atoms with Crippen molar-refractivity contribution in [3.05, 3.63) is 29.6 Å². The molecule has 0 aliphatic rings. The minimum Gasteiger partial charge on any atom is -0.493 e. The smallest absolute Gasteiger partial charge is 0.131 e. The van der Waals surface area contributed by atoms with Gasteiger partial charge in [0.15, 0.2) is 0 Å². The van der Waals surface area contributed by atoms with Crippen LogP contribution in [0.3, 0.4) is 0 Å². The molecule has 0 heterocycles. The normalized spacial score (nSPS) is 14.4. The van der Waals surface area contributed by atoms with E-state index in [0.717, 1.165) is 12.8 Å². The number of hydrogen-bond donors (Lipinski definition) is 1. The van der Waals surface area contributed by atoms with Crippen molar-refractivity contribution in [2.45, 2.75) is 39.7 Å². The van der Waals surface area contributed by atoms with Gasteiger partial charge in [-0.1, -0.05) is 26.3 Å². The van der Waals surface area contributed by atoms with E-state index in [0.29, 0.717) is 23.8 Å². The van der Waals surface area contributed by atoms with E-state index in [4.69, 9.17) is 10.5 Å². The van der Waals surface area contributed by atoms with Crippen LogP contribution in [-0.2, 0) is 0 Å². The second-order valence-corrected chi connectivity index (χ2v) is 4.68. The van der Waals surface area contributed by atoms with Crippen molar-refractivity contribution in [2.75, 3.05) is 6.61 Å². The number of hydrogen-bond acceptors (Lipinski definition) is 2. The van der Waals surface area contributed by atoms with Crippen LogP contribution in [0.2, 0.25) is 0 Å². The van der Waals surface area contributed by atoms with Crippen LogP contribution in [-0.4, -0.2) is 6.61 Å². The summed E-state index contributed by atoms with van der Waals surface area (Å²) in [6.45, 7) is 6.68. The van der Waals surface area contributed by atoms with E-state index in [1.54, 1.807) is 19.1 Å². The summed E-state index contributed by atoms with van der Waals surface area (Å²) < 4.78 is 19.2. The first-order valence-electron chi connectivity index (χ1n) is 6.22. The van der Waals surface area contributed by atoms with E-state index >= 15 is 0 Å². The highest BCUT2D eigenvalue weighted by Crippen LogP contribution is 2.21. The Morgan fingerprint density at radius 2 is 2.06 bits per heavy atom. The van der Waals surface area contributed by atoms with Crippen LogP contribution in [0.15, 0.2) is 18.2 Å². The van der Waals surface area contributed by atoms with Gasteiger partial charge in [0.1, 0.15) is 11.6 Å². The van der Waals surface area contributed by atoms with Gasteiger partial charge in [0, 0.05) is 17.7 Å². The Hall–Kier alpha value is -1.09. The SMILES string of the molecule is CCCC(C)COc1ccc([C@@H](C)N)c(F)c1. The third kappa shape index (κ3) is 4.35. The molecule has 0 radical (unpaired) electrons. The van der Waals surface area contributed by atoms with Crippen molar-refractivity contribution >= 4 is 0 Å². The quantitative estimate of drug-likeness (QED) is 0.822. The Kier molecular flexibility index (Phi) is 5.42. The highest BCUT2D eigenvalue weighted by molar-refractivity contribution is 5.30. The Bertz CT molecular complexity index is 352. The summed E-state index contributed by atoms with van der Waals surface area (Å²) in [5.41, 5.74) is 6.17. The monoisotopic (exact) mass is 239 g/mol. The molecule has 2 atom stereocenters. The molecule has 0 aliphatic heterocycles. The molecule has 17 heavy (non-hydrogen) atoms. The van der Waals surface area contributed by atoms with Crippen LogP contribution >= 0.6 is 0 Å². The standard InChI is InChI=1S/C14H22FNO/c1-4-5-10(2)9-17-12-6-7-13(11(3)16)14(15)8-12/h6-8,10-11H,4-5,9,16H2,1-3H3/t10?,11-/m1/s1. The van der Waals surface area contributed by atoms with Gasteiger partial charge in [-0.3, -0.25) is 0 Å². The number of benzene rings is 1. The molecule has 1 aromatic rings. The lowest BCUT2D eigenvalue weighted by Gasteiger charge is -2.13. The zero-order chi connectivity index (χ0) is 12.8. The summed E-state index contributed by atoms with van der Waals surface area (Å²) in [6, 6.07) is 4.60. The van der Waals surface area contributed by atoms with E-state index in [2.05, 4.69) is 13.8 Å². The van der Waals surface area contributed by atoms with E-state index in [-0.39, 0.29) is 11.9 Å². The van der Waals surface area contributed by atoms with Crippen LogP contribution in [0.25, 0.3) is 0 Å². The van der Waals surface area contributed by atoms with Crippen molar-refractivity contribution in [2.24, 2.45) is 11.7 Å². The van der Waals surface area contributed by atoms with Gasteiger partial charge in [0.25, 0.3) is 0 Å². The topological polar surface area (TPSA) is 35.2 Å². The molecule has 2 N–H and O–H groups in total. The number of nitrogens with two attached hydrogens (primary N) is 1. The van der Waals surface area contributed by atoms with Crippen LogP contribution in [0.1, 0.15) is 45.2 Å². The molecule has 96 valence electrons. The second-order valence-electron chi connectivity index (χ2n) is 4.68. The van der Waals surface area contributed by atoms with Gasteiger partial charge in [-0.05, 0) is 25.3 Å². The lowest BCUT2D eigenvalue weighted by molar-refractivity contribution is 0.250. The molecule has 0 spiro atoms. The van der Waals surface area contributed by atoms with Crippen molar-refractivity contribution in [3.8, 4) is 5.75 Å². The van der Waals surface area contributed by atoms with Crippen LogP contribution in [0.5, 0.6) is 5.75 Å². The fourth-order valence-corrected chi connectivity index (χ4v) is 1.78. The zero-order valence-corrected chi connectivity index (χ0v) is 10.9. The van der Waals surface area contributed by atoms with Gasteiger partial charge < -0.3 is 10.5 Å². The lowest BCUT2D eigenvalue weighted by Crippen LogP contribution is -2.10. The van der Waals surface area contributed by atoms with E-state index < -0.39 is 0 Å². The first-order chi connectivity index (χ1) is 8.04. The minimum atomic E-state index is -0.291. The Morgan fingerprint density at radius 1 is 1.35 bits per heavy atom. The molecule has 0 aromatic heterocycles. The van der Waals surface area contributed by atoms with Gasteiger partial charge in [0.05, 0.1) is 6.61 Å². The van der Waals surface area contributed by atoms with E-state index in [9.17, 15) is 4.39 Å². The van der Waals surface area contributed by atoms with Crippen molar-refractivity contribution in [1.82, 2.24) is 0 Å². The summed E-state index contributed by atoms with van der Waals surface area (Å²) >= 11 is 0. The average Bonchev–Trinajstić information content (AvgIpc) is 2.26. The summed E-state index contributed by atoms with van der Waals surface area (Å²) in [4.78, 5) is 0. The van der Waals surface area contributed by atoms with Gasteiger partial charge in [-0.2, -0.15) is 0 Å². The first-order valence-corrected chi connectivity index (χ1v) is 6.22. The number of ether oxygens (including phenoxy) is 1. The van der Waals surface area contributed by atoms with Crippen LogP contribution < -0.4 is 10.5 Å². The maximum absolute atomic E-state index is 13.6. The largest absolute Gasteiger partial charge is 0.493 e. The Morgan fingerprint density at radius 3 is 2.59 bits per heavy atom. The van der Waals surface area contributed by atoms with Gasteiger partial charge in [0.2, 0.25) is 0 Å². The van der Waals surface area contributed by atoms with E-state index in [1.165, 1.54) is 6.07 Å². The molecule has 0 bridgehead atoms. The second kappa shape index (κ2) is 6.60. The molecule has 0 amide bonds. The van der Waals surface area contributed by atoms with E-state index in [1.807, 2.05) is 0 Å². The fourth-order valence-electron chi connectivity index (χ4n) is 1.78. The molecule has 0 fully saturated rings. The zero-order valence-electron chi connectivity index (χ0n) is 10.9. The molecule has 3 heteroatoms. The maximum atomic E-state index is 13.6. The predicted molar refractivity (Wildman–Crippen MR) is 68.6 cm³/mol. The summed E-state index contributed by atoms with van der Waals surface area (Å²) in [5.74, 6) is 0.784. The van der Waals surface area contributed by atoms with Gasteiger partial charge in [-0.15, -0.1) is 0 Å². The molecule has 0 saturated carbocycles. The van der Waals surface area contributed by atoms with Crippen molar-refractivity contribution < 1.29 is 9.13 Å². The summed E-state index contributed by atoms with van der Waals surface area (Å²) in [5, 5.41) is 0. The number of halogens is 1. The molecule has 2 nitrogen and oxygen atoms in total. The summed E-state index contributed by atoms with van der Waals surface area (Å²) in [6.07, 6.45) is 2.27. The molecule has 0 aliphatic carbocycles. The Balaban J connectivity index is 2.58. The third-order valence-electron chi connectivity index (χ3n) is 2.78. The minimum absolute atomic E-state index is 0.289. The Labute approximate surface area is 103 Å². The maximum Gasteiger partial charge on any atom is 0.131 e. The summed E-state index contributed by atoms with van der Waals surface area (Å²) in [7, 11) is 0. The molecule has 1 rings (SSSR count). The van der Waals surface area contributed by atoms with Crippen molar-refractivity contribution in [3.63, 3.8) is 0 Å². The van der Waals surface area contributed by atoms with Crippen molar-refractivity contribution in [1.29, 1.82) is 0 Å². The highest BCUT2D eigenvalue weighted by Gasteiger charge is 2.09.